The predicted molar refractivity (Wildman–Crippen MR) is 79.3 cm³/mol. The number of hydrogen-bond donors (Lipinski definition) is 2. The minimum atomic E-state index is 0.0615. The molecule has 1 saturated carbocycles. The minimum absolute atomic E-state index is 0.0615. The van der Waals surface area contributed by atoms with Crippen molar-refractivity contribution in [3.8, 4) is 5.88 Å². The summed E-state index contributed by atoms with van der Waals surface area (Å²) in [6, 6.07) is 2.01. The molecule has 0 saturated heterocycles. The van der Waals surface area contributed by atoms with E-state index in [0.29, 0.717) is 11.4 Å². The van der Waals surface area contributed by atoms with Crippen LogP contribution in [0.4, 0.5) is 0 Å². The van der Waals surface area contributed by atoms with Crippen molar-refractivity contribution in [2.75, 3.05) is 0 Å². The van der Waals surface area contributed by atoms with Crippen LogP contribution in [0.3, 0.4) is 0 Å². The number of nitrogens with one attached hydrogen (secondary N) is 1. The highest BCUT2D eigenvalue weighted by Crippen LogP contribution is 2.30. The van der Waals surface area contributed by atoms with Crippen molar-refractivity contribution in [1.82, 2.24) is 4.98 Å². The number of rotatable bonds is 3. The maximum Gasteiger partial charge on any atom is 0.225 e. The average Bonchev–Trinajstić information content (AvgIpc) is 2.87. The monoisotopic (exact) mass is 273 g/mol. The highest BCUT2D eigenvalue weighted by molar-refractivity contribution is 5.97. The minimum Gasteiger partial charge on any atom is -0.474 e. The maximum absolute atomic E-state index is 7.75. The van der Waals surface area contributed by atoms with Crippen LogP contribution < -0.4 is 10.5 Å². The second kappa shape index (κ2) is 5.43. The molecule has 0 unspecified atom stereocenters. The normalized spacial score (nSPS) is 25.2. The summed E-state index contributed by atoms with van der Waals surface area (Å²) in [6.07, 6.45) is 8.03. The number of fused-ring (bicyclic) bond motifs is 1. The fraction of sp³-hybridized carbons (Fsp3) is 0.625. The van der Waals surface area contributed by atoms with Gasteiger partial charge in [-0.15, -0.1) is 0 Å². The standard InChI is InChI=1S/C16H23N3O/c1-10-5-7-12(8-6-10)20-16-13(15(17)18)9-11-3-2-4-14(11)19-16/h9-10,12H,2-8H2,1H3,(H3,17,18). The van der Waals surface area contributed by atoms with E-state index in [0.717, 1.165) is 43.7 Å². The van der Waals surface area contributed by atoms with Crippen molar-refractivity contribution < 1.29 is 4.74 Å². The van der Waals surface area contributed by atoms with Crippen molar-refractivity contribution in [2.24, 2.45) is 11.7 Å². The molecule has 1 aromatic rings. The van der Waals surface area contributed by atoms with Gasteiger partial charge in [-0.2, -0.15) is 0 Å². The maximum atomic E-state index is 7.75. The number of ether oxygens (including phenoxy) is 1. The third-order valence-electron chi connectivity index (χ3n) is 4.55. The van der Waals surface area contributed by atoms with Gasteiger partial charge in [-0.05, 0) is 62.5 Å². The van der Waals surface area contributed by atoms with Crippen molar-refractivity contribution >= 4 is 5.84 Å². The SMILES string of the molecule is CC1CCC(Oc2nc3c(cc2C(=N)N)CCC3)CC1. The zero-order valence-electron chi connectivity index (χ0n) is 12.1. The number of aryl methyl sites for hydroxylation is 2. The van der Waals surface area contributed by atoms with E-state index in [-0.39, 0.29) is 11.9 Å². The number of nitrogens with two attached hydrogens (primary N) is 1. The highest BCUT2D eigenvalue weighted by Gasteiger charge is 2.24. The molecule has 1 fully saturated rings. The van der Waals surface area contributed by atoms with Crippen LogP contribution >= 0.6 is 0 Å². The lowest BCUT2D eigenvalue weighted by molar-refractivity contribution is 0.129. The van der Waals surface area contributed by atoms with Crippen LogP contribution in [-0.2, 0) is 12.8 Å². The number of nitrogen functional groups attached to an aromatic ring is 1. The van der Waals surface area contributed by atoms with Gasteiger partial charge in [-0.1, -0.05) is 6.92 Å². The second-order valence-electron chi connectivity index (χ2n) is 6.21. The zero-order chi connectivity index (χ0) is 14.1. The molecule has 108 valence electrons. The van der Waals surface area contributed by atoms with E-state index in [1.165, 1.54) is 18.4 Å². The molecule has 2 aliphatic carbocycles. The third kappa shape index (κ3) is 2.65. The molecule has 0 radical (unpaired) electrons. The van der Waals surface area contributed by atoms with Gasteiger partial charge in [-0.3, -0.25) is 5.41 Å². The Balaban J connectivity index is 1.82. The van der Waals surface area contributed by atoms with Gasteiger partial charge in [0.1, 0.15) is 11.9 Å². The highest BCUT2D eigenvalue weighted by atomic mass is 16.5. The number of pyridine rings is 1. The smallest absolute Gasteiger partial charge is 0.225 e. The molecule has 0 amide bonds. The largest absolute Gasteiger partial charge is 0.474 e. The van der Waals surface area contributed by atoms with Crippen LogP contribution in [0.2, 0.25) is 0 Å². The Labute approximate surface area is 120 Å². The summed E-state index contributed by atoms with van der Waals surface area (Å²) in [4.78, 5) is 4.64. The molecule has 0 bridgehead atoms. The molecule has 3 N–H and O–H groups in total. The van der Waals surface area contributed by atoms with Crippen molar-refractivity contribution in [3.63, 3.8) is 0 Å². The summed E-state index contributed by atoms with van der Waals surface area (Å²) in [5.74, 6) is 1.44. The van der Waals surface area contributed by atoms with Crippen LogP contribution in [0.15, 0.2) is 6.07 Å². The Morgan fingerprint density at radius 2 is 2.05 bits per heavy atom. The molecule has 1 aromatic heterocycles. The molecule has 0 aliphatic heterocycles. The van der Waals surface area contributed by atoms with Gasteiger partial charge < -0.3 is 10.5 Å². The van der Waals surface area contributed by atoms with Crippen molar-refractivity contribution in [3.05, 3.63) is 22.9 Å². The van der Waals surface area contributed by atoms with Crippen LogP contribution in [0.1, 0.15) is 55.8 Å². The van der Waals surface area contributed by atoms with Crippen molar-refractivity contribution in [1.29, 1.82) is 5.41 Å². The lowest BCUT2D eigenvalue weighted by Crippen LogP contribution is -2.25. The lowest BCUT2D eigenvalue weighted by atomic mass is 9.89. The van der Waals surface area contributed by atoms with Gasteiger partial charge in [0.05, 0.1) is 5.56 Å². The molecule has 0 atom stereocenters. The summed E-state index contributed by atoms with van der Waals surface area (Å²) in [5.41, 5.74) is 8.74. The van der Waals surface area contributed by atoms with E-state index in [1.807, 2.05) is 6.07 Å². The van der Waals surface area contributed by atoms with Crippen LogP contribution in [0.5, 0.6) is 5.88 Å². The third-order valence-corrected chi connectivity index (χ3v) is 4.55. The van der Waals surface area contributed by atoms with E-state index in [9.17, 15) is 0 Å². The first kappa shape index (κ1) is 13.4. The molecule has 4 heteroatoms. The molecular weight excluding hydrogens is 250 g/mol. The van der Waals surface area contributed by atoms with E-state index in [2.05, 4.69) is 11.9 Å². The van der Waals surface area contributed by atoms with Crippen LogP contribution in [0.25, 0.3) is 0 Å². The Hall–Kier alpha value is -1.58. The fourth-order valence-corrected chi connectivity index (χ4v) is 3.24. The van der Waals surface area contributed by atoms with E-state index >= 15 is 0 Å². The first-order valence-corrected chi connectivity index (χ1v) is 7.67. The molecule has 3 rings (SSSR count). The van der Waals surface area contributed by atoms with Crippen molar-refractivity contribution in [2.45, 2.75) is 58.0 Å². The van der Waals surface area contributed by atoms with Gasteiger partial charge in [0, 0.05) is 5.69 Å². The number of amidine groups is 1. The van der Waals surface area contributed by atoms with E-state index < -0.39 is 0 Å². The first-order valence-electron chi connectivity index (χ1n) is 7.67. The zero-order valence-corrected chi connectivity index (χ0v) is 12.1. The topological polar surface area (TPSA) is 72.0 Å². The lowest BCUT2D eigenvalue weighted by Gasteiger charge is -2.27. The summed E-state index contributed by atoms with van der Waals surface area (Å²) >= 11 is 0. The van der Waals surface area contributed by atoms with Gasteiger partial charge >= 0.3 is 0 Å². The fourth-order valence-electron chi connectivity index (χ4n) is 3.24. The molecule has 0 spiro atoms. The Kier molecular flexibility index (Phi) is 3.64. The number of nitrogens with zero attached hydrogens (tertiary/aromatic N) is 1. The summed E-state index contributed by atoms with van der Waals surface area (Å²) in [6.45, 7) is 2.30. The average molecular weight is 273 g/mol. The summed E-state index contributed by atoms with van der Waals surface area (Å²) in [7, 11) is 0. The van der Waals surface area contributed by atoms with Gasteiger partial charge in [0.15, 0.2) is 0 Å². The summed E-state index contributed by atoms with van der Waals surface area (Å²) < 4.78 is 6.09. The van der Waals surface area contributed by atoms with E-state index in [4.69, 9.17) is 15.9 Å². The molecule has 20 heavy (non-hydrogen) atoms. The molecular formula is C16H23N3O. The van der Waals surface area contributed by atoms with Gasteiger partial charge in [0.2, 0.25) is 5.88 Å². The molecule has 1 heterocycles. The predicted octanol–water partition coefficient (Wildman–Crippen LogP) is 2.81. The molecule has 2 aliphatic rings. The van der Waals surface area contributed by atoms with Crippen LogP contribution in [-0.4, -0.2) is 16.9 Å². The Morgan fingerprint density at radius 3 is 2.75 bits per heavy atom. The number of aromatic nitrogens is 1. The number of hydrogen-bond acceptors (Lipinski definition) is 3. The van der Waals surface area contributed by atoms with Gasteiger partial charge in [0.25, 0.3) is 0 Å². The summed E-state index contributed by atoms with van der Waals surface area (Å²) in [5, 5.41) is 7.75. The first-order chi connectivity index (χ1) is 9.63. The Bertz CT molecular complexity index is 519. The van der Waals surface area contributed by atoms with Gasteiger partial charge in [-0.25, -0.2) is 4.98 Å². The second-order valence-corrected chi connectivity index (χ2v) is 6.21. The molecule has 0 aromatic carbocycles. The van der Waals surface area contributed by atoms with E-state index in [1.54, 1.807) is 0 Å². The Morgan fingerprint density at radius 1 is 1.30 bits per heavy atom. The quantitative estimate of drug-likeness (QED) is 0.657. The molecule has 4 nitrogen and oxygen atoms in total. The van der Waals surface area contributed by atoms with Crippen LogP contribution in [0, 0.1) is 11.3 Å².